The maximum absolute atomic E-state index is 12.6. The van der Waals surface area contributed by atoms with E-state index in [4.69, 9.17) is 4.74 Å². The van der Waals surface area contributed by atoms with Crippen LogP contribution in [0.5, 0.6) is 0 Å². The normalized spacial score (nSPS) is 31.7. The van der Waals surface area contributed by atoms with Gasteiger partial charge in [0.2, 0.25) is 5.91 Å². The van der Waals surface area contributed by atoms with Crippen LogP contribution in [0.15, 0.2) is 0 Å². The Balaban J connectivity index is 1.90. The van der Waals surface area contributed by atoms with Gasteiger partial charge in [-0.05, 0) is 51.9 Å². The smallest absolute Gasteiger partial charge is 0.309 e. The largest absolute Gasteiger partial charge is 0.481 e. The Kier molecular flexibility index (Phi) is 5.48. The molecule has 0 spiro atoms. The van der Waals surface area contributed by atoms with Gasteiger partial charge in [0.1, 0.15) is 0 Å². The van der Waals surface area contributed by atoms with Gasteiger partial charge in [-0.3, -0.25) is 9.59 Å². The SMILES string of the molecule is CCCC(CNC(=O)C12CCC(C(=O)O)(CC1)CC2)OCC. The van der Waals surface area contributed by atoms with Crippen molar-refractivity contribution in [1.82, 2.24) is 5.32 Å². The second kappa shape index (κ2) is 6.99. The second-order valence-corrected chi connectivity index (χ2v) is 6.94. The molecule has 1 unspecified atom stereocenters. The van der Waals surface area contributed by atoms with Crippen molar-refractivity contribution in [3.05, 3.63) is 0 Å². The standard InChI is InChI=1S/C17H29NO4/c1-3-5-13(22-4-2)12-18-14(19)16-6-9-17(10-7-16,11-8-16)15(20)21/h13H,3-12H2,1-2H3,(H,18,19)(H,20,21). The average molecular weight is 311 g/mol. The van der Waals surface area contributed by atoms with Gasteiger partial charge in [0.05, 0.1) is 11.5 Å². The molecule has 2 N–H and O–H groups in total. The average Bonchev–Trinajstić information content (AvgIpc) is 2.54. The van der Waals surface area contributed by atoms with Crippen molar-refractivity contribution < 1.29 is 19.4 Å². The molecule has 3 rings (SSSR count). The Morgan fingerprint density at radius 2 is 1.64 bits per heavy atom. The Morgan fingerprint density at radius 1 is 1.09 bits per heavy atom. The van der Waals surface area contributed by atoms with Crippen molar-refractivity contribution in [1.29, 1.82) is 0 Å². The van der Waals surface area contributed by atoms with Gasteiger partial charge in [0.15, 0.2) is 0 Å². The van der Waals surface area contributed by atoms with E-state index in [0.29, 0.717) is 51.7 Å². The van der Waals surface area contributed by atoms with E-state index in [-0.39, 0.29) is 17.4 Å². The molecule has 0 heterocycles. The number of nitrogens with one attached hydrogen (secondary N) is 1. The van der Waals surface area contributed by atoms with Crippen molar-refractivity contribution in [3.63, 3.8) is 0 Å². The molecule has 0 aromatic rings. The highest BCUT2D eigenvalue weighted by molar-refractivity contribution is 5.84. The Bertz CT molecular complexity index is 390. The van der Waals surface area contributed by atoms with E-state index in [1.165, 1.54) is 0 Å². The van der Waals surface area contributed by atoms with Crippen molar-refractivity contribution in [2.75, 3.05) is 13.2 Å². The first kappa shape index (κ1) is 17.3. The summed E-state index contributed by atoms with van der Waals surface area (Å²) >= 11 is 0. The fourth-order valence-corrected chi connectivity index (χ4v) is 4.04. The van der Waals surface area contributed by atoms with Gasteiger partial charge < -0.3 is 15.2 Å². The molecule has 1 amide bonds. The van der Waals surface area contributed by atoms with Gasteiger partial charge in [-0.15, -0.1) is 0 Å². The zero-order valence-electron chi connectivity index (χ0n) is 13.8. The van der Waals surface area contributed by atoms with Crippen LogP contribution in [-0.2, 0) is 14.3 Å². The maximum atomic E-state index is 12.6. The highest BCUT2D eigenvalue weighted by atomic mass is 16.5. The summed E-state index contributed by atoms with van der Waals surface area (Å²) in [5, 5.41) is 12.5. The van der Waals surface area contributed by atoms with Crippen molar-refractivity contribution in [2.45, 2.75) is 71.3 Å². The number of rotatable bonds is 8. The zero-order valence-corrected chi connectivity index (χ0v) is 13.8. The number of carbonyl (C=O) groups excluding carboxylic acids is 1. The molecule has 0 aliphatic heterocycles. The number of hydrogen-bond acceptors (Lipinski definition) is 3. The molecule has 0 radical (unpaired) electrons. The summed E-state index contributed by atoms with van der Waals surface area (Å²) in [6, 6.07) is 0. The third-order valence-electron chi connectivity index (χ3n) is 5.68. The summed E-state index contributed by atoms with van der Waals surface area (Å²) in [5.41, 5.74) is -0.891. The maximum Gasteiger partial charge on any atom is 0.309 e. The van der Waals surface area contributed by atoms with Gasteiger partial charge in [-0.1, -0.05) is 13.3 Å². The lowest BCUT2D eigenvalue weighted by Crippen LogP contribution is -2.53. The second-order valence-electron chi connectivity index (χ2n) is 6.94. The minimum absolute atomic E-state index is 0.0839. The molecule has 5 heteroatoms. The molecule has 3 fully saturated rings. The van der Waals surface area contributed by atoms with E-state index in [1.807, 2.05) is 6.92 Å². The van der Waals surface area contributed by atoms with E-state index in [9.17, 15) is 14.7 Å². The molecule has 0 aromatic heterocycles. The molecule has 3 aliphatic carbocycles. The number of amides is 1. The molecule has 2 bridgehead atoms. The Morgan fingerprint density at radius 3 is 2.09 bits per heavy atom. The van der Waals surface area contributed by atoms with Crippen molar-refractivity contribution in [3.8, 4) is 0 Å². The third-order valence-corrected chi connectivity index (χ3v) is 5.68. The molecule has 22 heavy (non-hydrogen) atoms. The van der Waals surface area contributed by atoms with Gasteiger partial charge in [-0.2, -0.15) is 0 Å². The van der Waals surface area contributed by atoms with Crippen LogP contribution in [0.25, 0.3) is 0 Å². The summed E-state index contributed by atoms with van der Waals surface area (Å²) in [7, 11) is 0. The van der Waals surface area contributed by atoms with E-state index in [2.05, 4.69) is 12.2 Å². The summed E-state index contributed by atoms with van der Waals surface area (Å²) in [4.78, 5) is 24.1. The van der Waals surface area contributed by atoms with E-state index >= 15 is 0 Å². The van der Waals surface area contributed by atoms with Gasteiger partial charge in [0, 0.05) is 18.6 Å². The van der Waals surface area contributed by atoms with Crippen LogP contribution in [0, 0.1) is 10.8 Å². The lowest BCUT2D eigenvalue weighted by atomic mass is 9.53. The topological polar surface area (TPSA) is 75.6 Å². The van der Waals surface area contributed by atoms with Crippen LogP contribution in [0.3, 0.4) is 0 Å². The first-order chi connectivity index (χ1) is 10.5. The van der Waals surface area contributed by atoms with Gasteiger partial charge >= 0.3 is 5.97 Å². The molecule has 1 atom stereocenters. The first-order valence-electron chi connectivity index (χ1n) is 8.61. The first-order valence-corrected chi connectivity index (χ1v) is 8.61. The Labute approximate surface area is 132 Å². The minimum atomic E-state index is -0.680. The monoisotopic (exact) mass is 311 g/mol. The minimum Gasteiger partial charge on any atom is -0.481 e. The van der Waals surface area contributed by atoms with E-state index in [0.717, 1.165) is 12.8 Å². The lowest BCUT2D eigenvalue weighted by molar-refractivity contribution is -0.163. The number of hydrogen-bond donors (Lipinski definition) is 2. The number of carboxylic acids is 1. The predicted molar refractivity (Wildman–Crippen MR) is 83.5 cm³/mol. The van der Waals surface area contributed by atoms with Crippen molar-refractivity contribution in [2.24, 2.45) is 10.8 Å². The molecule has 3 aliphatic rings. The van der Waals surface area contributed by atoms with Crippen LogP contribution in [0.2, 0.25) is 0 Å². The number of ether oxygens (including phenoxy) is 1. The highest BCUT2D eigenvalue weighted by Crippen LogP contribution is 2.57. The molecular formula is C17H29NO4. The highest BCUT2D eigenvalue weighted by Gasteiger charge is 2.55. The zero-order chi connectivity index (χ0) is 16.2. The Hall–Kier alpha value is -1.10. The fraction of sp³-hybridized carbons (Fsp3) is 0.882. The predicted octanol–water partition coefficient (Wildman–Crippen LogP) is 2.73. The van der Waals surface area contributed by atoms with E-state index < -0.39 is 11.4 Å². The summed E-state index contributed by atoms with van der Waals surface area (Å²) in [6.45, 7) is 5.30. The molecule has 0 aromatic carbocycles. The molecule has 5 nitrogen and oxygen atoms in total. The summed E-state index contributed by atoms with van der Waals surface area (Å²) in [5.74, 6) is -0.576. The van der Waals surface area contributed by atoms with E-state index in [1.54, 1.807) is 0 Å². The van der Waals surface area contributed by atoms with Gasteiger partial charge in [-0.25, -0.2) is 0 Å². The lowest BCUT2D eigenvalue weighted by Gasteiger charge is -2.50. The third kappa shape index (κ3) is 3.29. The fourth-order valence-electron chi connectivity index (χ4n) is 4.04. The molecular weight excluding hydrogens is 282 g/mol. The quantitative estimate of drug-likeness (QED) is 0.722. The molecule has 3 saturated carbocycles. The van der Waals surface area contributed by atoms with Crippen LogP contribution >= 0.6 is 0 Å². The number of carbonyl (C=O) groups is 2. The molecule has 0 saturated heterocycles. The number of aliphatic carboxylic acids is 1. The van der Waals surface area contributed by atoms with Crippen molar-refractivity contribution >= 4 is 11.9 Å². The van der Waals surface area contributed by atoms with Crippen LogP contribution in [0.4, 0.5) is 0 Å². The summed E-state index contributed by atoms with van der Waals surface area (Å²) in [6.07, 6.45) is 6.10. The number of carboxylic acid groups (broad SMARTS) is 1. The van der Waals surface area contributed by atoms with Crippen LogP contribution < -0.4 is 5.32 Å². The van der Waals surface area contributed by atoms with Crippen LogP contribution in [0.1, 0.15) is 65.2 Å². The molecule has 126 valence electrons. The van der Waals surface area contributed by atoms with Gasteiger partial charge in [0.25, 0.3) is 0 Å². The van der Waals surface area contributed by atoms with Crippen LogP contribution in [-0.4, -0.2) is 36.2 Å². The summed E-state index contributed by atoms with van der Waals surface area (Å²) < 4.78 is 5.65. The number of fused-ring (bicyclic) bond motifs is 3.